The van der Waals surface area contributed by atoms with Gasteiger partial charge in [-0.1, -0.05) is 6.92 Å². The molecule has 2 rings (SSSR count). The molecule has 0 fully saturated rings. The number of sulfone groups is 1. The summed E-state index contributed by atoms with van der Waals surface area (Å²) in [4.78, 5) is 11.1. The fourth-order valence-corrected chi connectivity index (χ4v) is 4.08. The molecule has 17 heavy (non-hydrogen) atoms. The first-order valence-electron chi connectivity index (χ1n) is 5.11. The molecule has 1 aliphatic rings. The Morgan fingerprint density at radius 3 is 2.71 bits per heavy atom. The van der Waals surface area contributed by atoms with Crippen LogP contribution in [0.15, 0.2) is 23.1 Å². The molecule has 0 saturated carbocycles. The quantitative estimate of drug-likeness (QED) is 0.823. The number of carbonyl (C=O) groups is 1. The minimum absolute atomic E-state index is 0.0524. The van der Waals surface area contributed by atoms with Crippen molar-refractivity contribution in [2.75, 3.05) is 5.75 Å². The van der Waals surface area contributed by atoms with E-state index in [1.54, 1.807) is 0 Å². The number of carboxylic acid groups (broad SMARTS) is 1. The highest BCUT2D eigenvalue weighted by Gasteiger charge is 2.40. The van der Waals surface area contributed by atoms with Crippen LogP contribution in [0.25, 0.3) is 0 Å². The van der Waals surface area contributed by atoms with E-state index in [-0.39, 0.29) is 16.4 Å². The average molecular weight is 256 g/mol. The topological polar surface area (TPSA) is 91.7 Å². The van der Waals surface area contributed by atoms with E-state index in [1.807, 2.05) is 0 Å². The van der Waals surface area contributed by atoms with Crippen LogP contribution in [-0.4, -0.2) is 30.4 Å². The second-order valence-corrected chi connectivity index (χ2v) is 6.24. The van der Waals surface area contributed by atoms with Crippen LogP contribution in [0.4, 0.5) is 0 Å². The Hall–Kier alpha value is -1.56. The molecule has 1 heterocycles. The second-order valence-electron chi connectivity index (χ2n) is 4.24. The van der Waals surface area contributed by atoms with Crippen molar-refractivity contribution in [3.05, 3.63) is 23.8 Å². The number of fused-ring (bicyclic) bond motifs is 1. The van der Waals surface area contributed by atoms with E-state index in [0.29, 0.717) is 5.56 Å². The highest BCUT2D eigenvalue weighted by atomic mass is 32.2. The molecule has 6 heteroatoms. The van der Waals surface area contributed by atoms with Gasteiger partial charge < -0.3 is 10.2 Å². The first-order valence-corrected chi connectivity index (χ1v) is 6.76. The number of aromatic hydroxyl groups is 1. The van der Waals surface area contributed by atoms with Crippen LogP contribution in [0, 0.1) is 5.92 Å². The number of phenols is 1. The van der Waals surface area contributed by atoms with Gasteiger partial charge in [0.05, 0.1) is 16.6 Å². The number of rotatable bonds is 2. The zero-order chi connectivity index (χ0) is 12.8. The fraction of sp³-hybridized carbons (Fsp3) is 0.364. The van der Waals surface area contributed by atoms with Crippen LogP contribution in [0.2, 0.25) is 0 Å². The first kappa shape index (κ1) is 11.9. The SMILES string of the molecule is CC(C(=O)O)C1CS(=O)(=O)c2ccc(O)cc21. The largest absolute Gasteiger partial charge is 0.508 e. The monoisotopic (exact) mass is 256 g/mol. The molecule has 2 unspecified atom stereocenters. The molecule has 92 valence electrons. The Balaban J connectivity index is 2.57. The van der Waals surface area contributed by atoms with Gasteiger partial charge in [0.1, 0.15) is 5.75 Å². The predicted octanol–water partition coefficient (Wildman–Crippen LogP) is 0.984. The lowest BCUT2D eigenvalue weighted by Crippen LogP contribution is -2.20. The summed E-state index contributed by atoms with van der Waals surface area (Å²) in [6.07, 6.45) is 0. The lowest BCUT2D eigenvalue weighted by atomic mass is 9.89. The lowest BCUT2D eigenvalue weighted by Gasteiger charge is -2.14. The standard InChI is InChI=1S/C11H12O5S/c1-6(11(13)14)9-5-17(15,16)10-3-2-7(12)4-8(9)10/h2-4,6,9,12H,5H2,1H3,(H,13,14). The van der Waals surface area contributed by atoms with Crippen molar-refractivity contribution in [3.8, 4) is 5.75 Å². The highest BCUT2D eigenvalue weighted by Crippen LogP contribution is 2.40. The van der Waals surface area contributed by atoms with Crippen molar-refractivity contribution in [1.82, 2.24) is 0 Å². The number of phenolic OH excluding ortho intramolecular Hbond substituents is 1. The molecule has 0 radical (unpaired) electrons. The molecule has 0 aromatic heterocycles. The third-order valence-electron chi connectivity index (χ3n) is 3.12. The maximum atomic E-state index is 11.8. The Morgan fingerprint density at radius 2 is 2.12 bits per heavy atom. The van der Waals surface area contributed by atoms with Crippen LogP contribution in [0.1, 0.15) is 18.4 Å². The number of carboxylic acids is 1. The van der Waals surface area contributed by atoms with Crippen molar-refractivity contribution in [3.63, 3.8) is 0 Å². The Bertz CT molecular complexity index is 576. The molecule has 0 amide bonds. The van der Waals surface area contributed by atoms with E-state index in [1.165, 1.54) is 25.1 Å². The van der Waals surface area contributed by atoms with E-state index in [2.05, 4.69) is 0 Å². The van der Waals surface area contributed by atoms with E-state index in [4.69, 9.17) is 5.11 Å². The fourth-order valence-electron chi connectivity index (χ4n) is 2.11. The summed E-state index contributed by atoms with van der Waals surface area (Å²) in [7, 11) is -3.42. The third kappa shape index (κ3) is 1.88. The van der Waals surface area contributed by atoms with Crippen molar-refractivity contribution < 1.29 is 23.4 Å². The normalized spacial score (nSPS) is 23.0. The van der Waals surface area contributed by atoms with E-state index in [0.717, 1.165) is 0 Å². The molecule has 0 saturated heterocycles. The third-order valence-corrected chi connectivity index (χ3v) is 4.96. The van der Waals surface area contributed by atoms with Gasteiger partial charge in [-0.15, -0.1) is 0 Å². The van der Waals surface area contributed by atoms with Crippen molar-refractivity contribution in [2.45, 2.75) is 17.7 Å². The van der Waals surface area contributed by atoms with Gasteiger partial charge >= 0.3 is 5.97 Å². The number of hydrogen-bond acceptors (Lipinski definition) is 4. The van der Waals surface area contributed by atoms with Gasteiger partial charge in [0.15, 0.2) is 9.84 Å². The molecular formula is C11H12O5S. The minimum atomic E-state index is -3.42. The van der Waals surface area contributed by atoms with Crippen LogP contribution < -0.4 is 0 Å². The van der Waals surface area contributed by atoms with Gasteiger partial charge in [0.25, 0.3) is 0 Å². The van der Waals surface area contributed by atoms with Crippen LogP contribution in [0.3, 0.4) is 0 Å². The summed E-state index contributed by atoms with van der Waals surface area (Å²) >= 11 is 0. The van der Waals surface area contributed by atoms with E-state index in [9.17, 15) is 18.3 Å². The maximum absolute atomic E-state index is 11.8. The minimum Gasteiger partial charge on any atom is -0.508 e. The Morgan fingerprint density at radius 1 is 1.47 bits per heavy atom. The molecular weight excluding hydrogens is 244 g/mol. The molecule has 1 aromatic rings. The van der Waals surface area contributed by atoms with E-state index >= 15 is 0 Å². The molecule has 2 atom stereocenters. The molecule has 2 N–H and O–H groups in total. The summed E-state index contributed by atoms with van der Waals surface area (Å²) < 4.78 is 23.7. The predicted molar refractivity (Wildman–Crippen MR) is 59.7 cm³/mol. The van der Waals surface area contributed by atoms with Crippen LogP contribution >= 0.6 is 0 Å². The summed E-state index contributed by atoms with van der Waals surface area (Å²) in [5.74, 6) is -2.70. The molecule has 1 aliphatic heterocycles. The molecule has 0 spiro atoms. The number of benzene rings is 1. The van der Waals surface area contributed by atoms with Gasteiger partial charge in [0, 0.05) is 5.92 Å². The van der Waals surface area contributed by atoms with Crippen LogP contribution in [-0.2, 0) is 14.6 Å². The highest BCUT2D eigenvalue weighted by molar-refractivity contribution is 7.91. The number of aliphatic carboxylic acids is 1. The summed E-state index contributed by atoms with van der Waals surface area (Å²) in [6, 6.07) is 3.96. The molecule has 5 nitrogen and oxygen atoms in total. The lowest BCUT2D eigenvalue weighted by molar-refractivity contribution is -0.141. The zero-order valence-electron chi connectivity index (χ0n) is 9.12. The molecule has 1 aromatic carbocycles. The molecule has 0 aliphatic carbocycles. The Kier molecular flexibility index (Phi) is 2.61. The zero-order valence-corrected chi connectivity index (χ0v) is 9.94. The van der Waals surface area contributed by atoms with Gasteiger partial charge in [0.2, 0.25) is 0 Å². The summed E-state index contributed by atoms with van der Waals surface area (Å²) in [6.45, 7) is 1.47. The smallest absolute Gasteiger partial charge is 0.306 e. The average Bonchev–Trinajstić information content (AvgIpc) is 2.49. The summed E-state index contributed by atoms with van der Waals surface area (Å²) in [5.41, 5.74) is 0.403. The summed E-state index contributed by atoms with van der Waals surface area (Å²) in [5, 5.41) is 18.3. The van der Waals surface area contributed by atoms with Gasteiger partial charge in [-0.25, -0.2) is 8.42 Å². The van der Waals surface area contributed by atoms with Gasteiger partial charge in [-0.3, -0.25) is 4.79 Å². The molecule has 0 bridgehead atoms. The van der Waals surface area contributed by atoms with Crippen molar-refractivity contribution >= 4 is 15.8 Å². The van der Waals surface area contributed by atoms with Crippen molar-refractivity contribution in [2.24, 2.45) is 5.92 Å². The maximum Gasteiger partial charge on any atom is 0.306 e. The second kappa shape index (κ2) is 3.73. The number of hydrogen-bond donors (Lipinski definition) is 2. The van der Waals surface area contributed by atoms with Gasteiger partial charge in [-0.2, -0.15) is 0 Å². The van der Waals surface area contributed by atoms with Crippen molar-refractivity contribution in [1.29, 1.82) is 0 Å². The Labute approximate surface area is 98.6 Å². The first-order chi connectivity index (χ1) is 7.83. The van der Waals surface area contributed by atoms with E-state index < -0.39 is 27.6 Å². The van der Waals surface area contributed by atoms with Gasteiger partial charge in [-0.05, 0) is 23.8 Å². The van der Waals surface area contributed by atoms with Crippen LogP contribution in [0.5, 0.6) is 5.75 Å².